The summed E-state index contributed by atoms with van der Waals surface area (Å²) in [6, 6.07) is 5.90. The Kier molecular flexibility index (Phi) is 5.90. The minimum Gasteiger partial charge on any atom is -0.487 e. The van der Waals surface area contributed by atoms with Crippen molar-refractivity contribution in [3.05, 3.63) is 36.2 Å². The Labute approximate surface area is 129 Å². The van der Waals surface area contributed by atoms with Crippen LogP contribution in [-0.2, 0) is 14.8 Å². The van der Waals surface area contributed by atoms with Crippen LogP contribution in [0.15, 0.2) is 41.1 Å². The maximum absolute atomic E-state index is 13.1. The lowest BCUT2D eigenvalue weighted by Crippen LogP contribution is -2.40. The van der Waals surface area contributed by atoms with Crippen LogP contribution in [0, 0.1) is 0 Å². The number of hydrogen-bond donors (Lipinski definition) is 1. The molecule has 0 aliphatic carbocycles. The third-order valence-corrected chi connectivity index (χ3v) is 5.06. The summed E-state index contributed by atoms with van der Waals surface area (Å²) in [6.07, 6.45) is 1.22. The van der Waals surface area contributed by atoms with Crippen LogP contribution >= 0.6 is 0 Å². The molecule has 0 saturated carbocycles. The average molecular weight is 330 g/mol. The van der Waals surface area contributed by atoms with Crippen LogP contribution in [0.2, 0.25) is 0 Å². The summed E-state index contributed by atoms with van der Waals surface area (Å²) in [5, 5.41) is 0. The van der Waals surface area contributed by atoms with Gasteiger partial charge in [-0.2, -0.15) is 4.31 Å². The summed E-state index contributed by atoms with van der Waals surface area (Å²) in [4.78, 5) is 0.180. The Morgan fingerprint density at radius 1 is 1.32 bits per heavy atom. The number of nitrogens with two attached hydrogens (primary N) is 1. The van der Waals surface area contributed by atoms with Crippen LogP contribution < -0.4 is 10.5 Å². The molecule has 0 atom stereocenters. The van der Waals surface area contributed by atoms with Crippen molar-refractivity contribution >= 4 is 10.0 Å². The quantitative estimate of drug-likeness (QED) is 0.838. The molecule has 1 aromatic carbocycles. The van der Waals surface area contributed by atoms with Gasteiger partial charge < -0.3 is 15.2 Å². The fourth-order valence-corrected chi connectivity index (χ4v) is 3.39. The zero-order valence-electron chi connectivity index (χ0n) is 12.1. The van der Waals surface area contributed by atoms with Gasteiger partial charge in [-0.1, -0.05) is 0 Å². The van der Waals surface area contributed by atoms with Crippen LogP contribution in [0.4, 0.5) is 4.39 Å². The highest BCUT2D eigenvalue weighted by molar-refractivity contribution is 7.89. The molecule has 0 radical (unpaired) electrons. The summed E-state index contributed by atoms with van der Waals surface area (Å²) in [5.74, 6) is -0.0750. The molecule has 1 aliphatic heterocycles. The molecule has 6 nitrogen and oxygen atoms in total. The van der Waals surface area contributed by atoms with Gasteiger partial charge in [0, 0.05) is 19.6 Å². The number of hydrogen-bond acceptors (Lipinski definition) is 5. The number of rotatable bonds is 6. The highest BCUT2D eigenvalue weighted by Crippen LogP contribution is 2.20. The molecule has 22 heavy (non-hydrogen) atoms. The summed E-state index contributed by atoms with van der Waals surface area (Å²) in [7, 11) is -3.52. The van der Waals surface area contributed by atoms with E-state index in [1.54, 1.807) is 0 Å². The first-order chi connectivity index (χ1) is 10.5. The van der Waals surface area contributed by atoms with E-state index in [0.29, 0.717) is 32.1 Å². The van der Waals surface area contributed by atoms with Crippen LogP contribution in [0.1, 0.15) is 0 Å². The maximum atomic E-state index is 13.1. The zero-order valence-corrected chi connectivity index (χ0v) is 12.9. The maximum Gasteiger partial charge on any atom is 0.243 e. The van der Waals surface area contributed by atoms with E-state index < -0.39 is 15.9 Å². The Bertz CT molecular complexity index is 610. The topological polar surface area (TPSA) is 81.9 Å². The van der Waals surface area contributed by atoms with E-state index in [9.17, 15) is 12.8 Å². The predicted molar refractivity (Wildman–Crippen MR) is 79.8 cm³/mol. The van der Waals surface area contributed by atoms with Gasteiger partial charge in [-0.15, -0.1) is 0 Å². The fourth-order valence-electron chi connectivity index (χ4n) is 1.98. The molecule has 122 valence electrons. The van der Waals surface area contributed by atoms with E-state index in [0.717, 1.165) is 0 Å². The zero-order chi connectivity index (χ0) is 16.0. The highest BCUT2D eigenvalue weighted by Gasteiger charge is 2.26. The van der Waals surface area contributed by atoms with Crippen LogP contribution in [0.25, 0.3) is 0 Å². The van der Waals surface area contributed by atoms with Gasteiger partial charge in [0.05, 0.1) is 18.1 Å². The van der Waals surface area contributed by atoms with Crippen molar-refractivity contribution < 1.29 is 22.3 Å². The number of benzene rings is 1. The second-order valence-electron chi connectivity index (χ2n) is 4.66. The Morgan fingerprint density at radius 2 is 1.95 bits per heavy atom. The smallest absolute Gasteiger partial charge is 0.243 e. The van der Waals surface area contributed by atoms with Crippen molar-refractivity contribution in [1.82, 2.24) is 4.31 Å². The van der Waals surface area contributed by atoms with E-state index >= 15 is 0 Å². The molecule has 0 amide bonds. The van der Waals surface area contributed by atoms with E-state index in [-0.39, 0.29) is 18.0 Å². The highest BCUT2D eigenvalue weighted by atomic mass is 32.2. The molecule has 1 aliphatic rings. The Balaban J connectivity index is 2.03. The Morgan fingerprint density at radius 3 is 2.55 bits per heavy atom. The molecule has 0 spiro atoms. The predicted octanol–water partition coefficient (Wildman–Crippen LogP) is 0.898. The lowest BCUT2D eigenvalue weighted by atomic mass is 10.3. The van der Waals surface area contributed by atoms with Gasteiger partial charge in [-0.25, -0.2) is 12.8 Å². The van der Waals surface area contributed by atoms with Crippen molar-refractivity contribution in [3.8, 4) is 5.75 Å². The number of ether oxygens (including phenoxy) is 2. The second kappa shape index (κ2) is 7.68. The molecule has 0 unspecified atom stereocenters. The van der Waals surface area contributed by atoms with E-state index in [1.807, 2.05) is 0 Å². The first-order valence-electron chi connectivity index (χ1n) is 6.89. The molecular weight excluding hydrogens is 311 g/mol. The summed E-state index contributed by atoms with van der Waals surface area (Å²) in [6.45, 7) is 1.35. The minimum absolute atomic E-state index is 0.103. The van der Waals surface area contributed by atoms with Gasteiger partial charge >= 0.3 is 0 Å². The third-order valence-electron chi connectivity index (χ3n) is 3.15. The molecular formula is C14H19FN2O4S. The van der Waals surface area contributed by atoms with E-state index in [4.69, 9.17) is 15.2 Å². The van der Waals surface area contributed by atoms with Crippen LogP contribution in [-0.4, -0.2) is 52.2 Å². The number of halogens is 1. The van der Waals surface area contributed by atoms with Gasteiger partial charge in [-0.05, 0) is 30.3 Å². The number of sulfonamides is 1. The van der Waals surface area contributed by atoms with Crippen molar-refractivity contribution in [2.24, 2.45) is 5.73 Å². The molecule has 0 bridgehead atoms. The summed E-state index contributed by atoms with van der Waals surface area (Å²) >= 11 is 0. The Hall–Kier alpha value is -1.48. The molecule has 1 heterocycles. The molecule has 8 heteroatoms. The fraction of sp³-hybridized carbons (Fsp3) is 0.429. The monoisotopic (exact) mass is 330 g/mol. The van der Waals surface area contributed by atoms with Gasteiger partial charge in [0.1, 0.15) is 18.2 Å². The molecule has 1 saturated heterocycles. The largest absolute Gasteiger partial charge is 0.487 e. The molecule has 2 N–H and O–H groups in total. The average Bonchev–Trinajstić information content (AvgIpc) is 2.54. The molecule has 2 rings (SSSR count). The standard InChI is InChI=1S/C14H19FN2O4S/c15-12(5-6-16)11-21-13-1-3-14(4-2-13)22(18,19)17-7-9-20-10-8-17/h1-5H,6-11,16H2/b12-5-. The third kappa shape index (κ3) is 4.26. The SMILES string of the molecule is NC/C=C(\F)COc1ccc(S(=O)(=O)N2CCOCC2)cc1. The first-order valence-corrected chi connectivity index (χ1v) is 8.33. The minimum atomic E-state index is -3.52. The molecule has 1 fully saturated rings. The molecule has 1 aromatic rings. The lowest BCUT2D eigenvalue weighted by Gasteiger charge is -2.26. The van der Waals surface area contributed by atoms with E-state index in [1.165, 1.54) is 34.6 Å². The van der Waals surface area contributed by atoms with Crippen LogP contribution in [0.5, 0.6) is 5.75 Å². The number of nitrogens with zero attached hydrogens (tertiary/aromatic N) is 1. The van der Waals surface area contributed by atoms with Crippen molar-refractivity contribution in [3.63, 3.8) is 0 Å². The van der Waals surface area contributed by atoms with E-state index in [2.05, 4.69) is 0 Å². The van der Waals surface area contributed by atoms with Gasteiger partial charge in [0.15, 0.2) is 0 Å². The van der Waals surface area contributed by atoms with Gasteiger partial charge in [0.25, 0.3) is 0 Å². The van der Waals surface area contributed by atoms with Crippen molar-refractivity contribution in [2.75, 3.05) is 39.5 Å². The summed E-state index contributed by atoms with van der Waals surface area (Å²) in [5.41, 5.74) is 5.18. The van der Waals surface area contributed by atoms with Gasteiger partial charge in [-0.3, -0.25) is 0 Å². The second-order valence-corrected chi connectivity index (χ2v) is 6.60. The van der Waals surface area contributed by atoms with Crippen molar-refractivity contribution in [1.29, 1.82) is 0 Å². The lowest BCUT2D eigenvalue weighted by molar-refractivity contribution is 0.0730. The van der Waals surface area contributed by atoms with Gasteiger partial charge in [0.2, 0.25) is 10.0 Å². The summed E-state index contributed by atoms with van der Waals surface area (Å²) < 4.78 is 49.7. The molecule has 0 aromatic heterocycles. The number of morpholine rings is 1. The first kappa shape index (κ1) is 16.9. The normalized spacial score (nSPS) is 17.5. The van der Waals surface area contributed by atoms with Crippen molar-refractivity contribution in [2.45, 2.75) is 4.90 Å². The van der Waals surface area contributed by atoms with Crippen LogP contribution in [0.3, 0.4) is 0 Å².